The highest BCUT2D eigenvalue weighted by Crippen LogP contribution is 2.14. The zero-order valence-corrected chi connectivity index (χ0v) is 12.3. The van der Waals surface area contributed by atoms with Gasteiger partial charge in [-0.3, -0.25) is 9.59 Å². The van der Waals surface area contributed by atoms with Crippen molar-refractivity contribution in [2.24, 2.45) is 5.92 Å². The molecule has 1 atom stereocenters. The van der Waals surface area contributed by atoms with E-state index in [4.69, 9.17) is 14.3 Å². The third-order valence-corrected chi connectivity index (χ3v) is 7.60. The highest BCUT2D eigenvalue weighted by Gasteiger charge is 2.27. The van der Waals surface area contributed by atoms with Crippen molar-refractivity contribution in [3.8, 4) is 0 Å². The van der Waals surface area contributed by atoms with Gasteiger partial charge in [0, 0.05) is 0 Å². The first-order chi connectivity index (χ1) is 7.13. The minimum absolute atomic E-state index is 0.169. The minimum atomic E-state index is -1.58. The smallest absolute Gasteiger partial charge is 0.317 e. The molecule has 0 fully saturated rings. The molecule has 0 bridgehead atoms. The standard InChI is InChI=1S/C9H20O5Si2/c1-15(14-16(2,3)4)6-5-7(8(10)11)9(12)13/h7,15H,5-6H2,1-4H3,(H,10,11)(H,12,13). The van der Waals surface area contributed by atoms with Gasteiger partial charge in [-0.1, -0.05) is 0 Å². The van der Waals surface area contributed by atoms with E-state index >= 15 is 0 Å². The molecule has 0 aliphatic carbocycles. The lowest BCUT2D eigenvalue weighted by Crippen LogP contribution is -2.34. The second kappa shape index (κ2) is 6.16. The van der Waals surface area contributed by atoms with Crippen LogP contribution in [-0.4, -0.2) is 39.5 Å². The molecule has 0 rings (SSSR count). The Hall–Kier alpha value is -0.666. The van der Waals surface area contributed by atoms with Crippen LogP contribution in [0.5, 0.6) is 0 Å². The third-order valence-electron chi connectivity index (χ3n) is 2.01. The zero-order chi connectivity index (χ0) is 12.9. The minimum Gasteiger partial charge on any atom is -0.481 e. The topological polar surface area (TPSA) is 83.8 Å². The van der Waals surface area contributed by atoms with Gasteiger partial charge in [0.1, 0.15) is 0 Å². The molecule has 5 nitrogen and oxygen atoms in total. The van der Waals surface area contributed by atoms with Crippen molar-refractivity contribution >= 4 is 29.3 Å². The van der Waals surface area contributed by atoms with Crippen molar-refractivity contribution in [1.82, 2.24) is 0 Å². The monoisotopic (exact) mass is 264 g/mol. The number of hydrogen-bond acceptors (Lipinski definition) is 3. The number of carbonyl (C=O) groups is 2. The fraction of sp³-hybridized carbons (Fsp3) is 0.778. The maximum atomic E-state index is 10.6. The Labute approximate surface area is 98.3 Å². The van der Waals surface area contributed by atoms with Crippen LogP contribution in [0.15, 0.2) is 0 Å². The Morgan fingerprint density at radius 2 is 1.69 bits per heavy atom. The van der Waals surface area contributed by atoms with E-state index in [9.17, 15) is 9.59 Å². The Balaban J connectivity index is 4.12. The summed E-state index contributed by atoms with van der Waals surface area (Å²) >= 11 is 0. The Kier molecular flexibility index (Phi) is 5.91. The van der Waals surface area contributed by atoms with E-state index in [2.05, 4.69) is 19.6 Å². The molecule has 94 valence electrons. The Morgan fingerprint density at radius 1 is 1.25 bits per heavy atom. The van der Waals surface area contributed by atoms with Gasteiger partial charge < -0.3 is 14.3 Å². The van der Waals surface area contributed by atoms with Gasteiger partial charge >= 0.3 is 11.9 Å². The van der Waals surface area contributed by atoms with Crippen LogP contribution < -0.4 is 0 Å². The van der Waals surface area contributed by atoms with E-state index in [0.717, 1.165) is 0 Å². The van der Waals surface area contributed by atoms with Gasteiger partial charge in [-0.05, 0) is 38.7 Å². The SMILES string of the molecule is C[SiH](CCC(C(=O)O)C(=O)O)O[Si](C)(C)C. The van der Waals surface area contributed by atoms with Crippen molar-refractivity contribution in [1.29, 1.82) is 0 Å². The van der Waals surface area contributed by atoms with Crippen LogP contribution in [-0.2, 0) is 13.7 Å². The summed E-state index contributed by atoms with van der Waals surface area (Å²) in [6.45, 7) is 8.20. The molecule has 0 saturated heterocycles. The van der Waals surface area contributed by atoms with Crippen LogP contribution in [0.4, 0.5) is 0 Å². The van der Waals surface area contributed by atoms with Gasteiger partial charge in [0.25, 0.3) is 0 Å². The quantitative estimate of drug-likeness (QED) is 0.536. The van der Waals surface area contributed by atoms with Crippen molar-refractivity contribution in [2.45, 2.75) is 38.7 Å². The molecule has 0 spiro atoms. The summed E-state index contributed by atoms with van der Waals surface area (Å²) in [7, 11) is -3.01. The summed E-state index contributed by atoms with van der Waals surface area (Å²) in [5.41, 5.74) is 0. The third kappa shape index (κ3) is 6.75. The summed E-state index contributed by atoms with van der Waals surface area (Å²) in [6, 6.07) is 0.591. The average molecular weight is 264 g/mol. The first kappa shape index (κ1) is 15.3. The Morgan fingerprint density at radius 3 is 2.00 bits per heavy atom. The number of aliphatic carboxylic acids is 2. The second-order valence-electron chi connectivity index (χ2n) is 4.85. The molecule has 0 amide bonds. The molecule has 0 radical (unpaired) electrons. The first-order valence-corrected chi connectivity index (χ1v) is 11.1. The lowest BCUT2D eigenvalue weighted by molar-refractivity contribution is -0.154. The van der Waals surface area contributed by atoms with Crippen molar-refractivity contribution < 1.29 is 23.9 Å². The van der Waals surface area contributed by atoms with Gasteiger partial charge in [0.15, 0.2) is 23.3 Å². The van der Waals surface area contributed by atoms with Gasteiger partial charge in [-0.2, -0.15) is 0 Å². The van der Waals surface area contributed by atoms with Crippen LogP contribution in [0, 0.1) is 5.92 Å². The molecule has 0 aromatic rings. The fourth-order valence-corrected chi connectivity index (χ4v) is 7.52. The molecule has 0 heterocycles. The van der Waals surface area contributed by atoms with E-state index < -0.39 is 35.2 Å². The molecule has 0 aliphatic heterocycles. The normalized spacial score (nSPS) is 13.8. The van der Waals surface area contributed by atoms with Crippen molar-refractivity contribution in [2.75, 3.05) is 0 Å². The fourth-order valence-electron chi connectivity index (χ4n) is 1.42. The number of hydrogen-bond donors (Lipinski definition) is 2. The maximum Gasteiger partial charge on any atom is 0.317 e. The van der Waals surface area contributed by atoms with E-state index in [1.165, 1.54) is 0 Å². The predicted octanol–water partition coefficient (Wildman–Crippen LogP) is 1.37. The molecular weight excluding hydrogens is 244 g/mol. The molecule has 1 unspecified atom stereocenters. The number of carboxylic acid groups (broad SMARTS) is 2. The molecule has 0 aromatic carbocycles. The van der Waals surface area contributed by atoms with Gasteiger partial charge in [-0.25, -0.2) is 0 Å². The lowest BCUT2D eigenvalue weighted by atomic mass is 10.1. The molecule has 16 heavy (non-hydrogen) atoms. The molecule has 2 N–H and O–H groups in total. The van der Waals surface area contributed by atoms with E-state index in [1.807, 2.05) is 6.55 Å². The zero-order valence-electron chi connectivity index (χ0n) is 10.2. The molecular formula is C9H20O5Si2. The van der Waals surface area contributed by atoms with E-state index in [1.54, 1.807) is 0 Å². The lowest BCUT2D eigenvalue weighted by Gasteiger charge is -2.23. The van der Waals surface area contributed by atoms with Crippen LogP contribution in [0.2, 0.25) is 32.2 Å². The second-order valence-corrected chi connectivity index (χ2v) is 12.2. The van der Waals surface area contributed by atoms with Gasteiger partial charge in [0.2, 0.25) is 0 Å². The summed E-state index contributed by atoms with van der Waals surface area (Å²) in [4.78, 5) is 21.3. The number of rotatable bonds is 7. The van der Waals surface area contributed by atoms with E-state index in [-0.39, 0.29) is 6.42 Å². The molecule has 0 aromatic heterocycles. The summed E-state index contributed by atoms with van der Waals surface area (Å²) < 4.78 is 5.84. The van der Waals surface area contributed by atoms with E-state index in [0.29, 0.717) is 6.04 Å². The average Bonchev–Trinajstić information content (AvgIpc) is 1.98. The molecule has 0 saturated carbocycles. The molecule has 0 aliphatic rings. The summed E-state index contributed by atoms with van der Waals surface area (Å²) in [5.74, 6) is -3.82. The number of carboxylic acids is 2. The Bertz CT molecular complexity index is 247. The van der Waals surface area contributed by atoms with Gasteiger partial charge in [-0.15, -0.1) is 0 Å². The highest BCUT2D eigenvalue weighted by molar-refractivity contribution is 6.77. The van der Waals surface area contributed by atoms with Crippen LogP contribution >= 0.6 is 0 Å². The highest BCUT2D eigenvalue weighted by atomic mass is 28.4. The largest absolute Gasteiger partial charge is 0.481 e. The van der Waals surface area contributed by atoms with Gasteiger partial charge in [0.05, 0.1) is 0 Å². The van der Waals surface area contributed by atoms with Crippen LogP contribution in [0.25, 0.3) is 0 Å². The summed E-state index contributed by atoms with van der Waals surface area (Å²) in [6.07, 6.45) is 0.169. The van der Waals surface area contributed by atoms with Crippen LogP contribution in [0.3, 0.4) is 0 Å². The first-order valence-electron chi connectivity index (χ1n) is 5.27. The maximum absolute atomic E-state index is 10.6. The molecule has 7 heteroatoms. The van der Waals surface area contributed by atoms with Crippen LogP contribution in [0.1, 0.15) is 6.42 Å². The van der Waals surface area contributed by atoms with Crippen molar-refractivity contribution in [3.63, 3.8) is 0 Å². The van der Waals surface area contributed by atoms with Crippen molar-refractivity contribution in [3.05, 3.63) is 0 Å². The summed E-state index contributed by atoms with van der Waals surface area (Å²) in [5, 5.41) is 17.4. The predicted molar refractivity (Wildman–Crippen MR) is 65.6 cm³/mol.